The number of rotatable bonds is 3. The third-order valence-electron chi connectivity index (χ3n) is 3.95. The van der Waals surface area contributed by atoms with Crippen molar-refractivity contribution in [1.29, 1.82) is 0 Å². The van der Waals surface area contributed by atoms with Gasteiger partial charge in [0, 0.05) is 17.8 Å². The predicted molar refractivity (Wildman–Crippen MR) is 86.9 cm³/mol. The standard InChI is InChI=1S/C18H18N2O2/c1-2-12-7-9-13(10-8-12)19-18(22)15-11-17(21)20-16-6-4-3-5-14(15)16/h3-10,15H,2,11H2,1H3,(H,19,22)(H,20,21). The van der Waals surface area contributed by atoms with E-state index in [0.29, 0.717) is 0 Å². The van der Waals surface area contributed by atoms with Gasteiger partial charge in [-0.05, 0) is 35.7 Å². The first-order valence-electron chi connectivity index (χ1n) is 7.46. The molecule has 112 valence electrons. The van der Waals surface area contributed by atoms with E-state index in [2.05, 4.69) is 17.6 Å². The zero-order valence-corrected chi connectivity index (χ0v) is 12.4. The first kappa shape index (κ1) is 14.3. The van der Waals surface area contributed by atoms with Crippen molar-refractivity contribution in [3.05, 3.63) is 59.7 Å². The number of anilines is 2. The number of nitrogens with one attached hydrogen (secondary N) is 2. The molecule has 2 amide bonds. The molecule has 22 heavy (non-hydrogen) atoms. The van der Waals surface area contributed by atoms with Gasteiger partial charge >= 0.3 is 0 Å². The third kappa shape index (κ3) is 2.86. The van der Waals surface area contributed by atoms with Gasteiger partial charge < -0.3 is 10.6 Å². The molecular weight excluding hydrogens is 276 g/mol. The van der Waals surface area contributed by atoms with Crippen LogP contribution in [-0.4, -0.2) is 11.8 Å². The van der Waals surface area contributed by atoms with E-state index in [1.807, 2.05) is 48.5 Å². The lowest BCUT2D eigenvalue weighted by atomic mass is 9.90. The molecule has 0 radical (unpaired) electrons. The summed E-state index contributed by atoms with van der Waals surface area (Å²) in [5.41, 5.74) is 3.57. The molecule has 2 aromatic carbocycles. The lowest BCUT2D eigenvalue weighted by Gasteiger charge is -2.24. The molecule has 1 aliphatic heterocycles. The van der Waals surface area contributed by atoms with E-state index in [4.69, 9.17) is 0 Å². The Hall–Kier alpha value is -2.62. The van der Waals surface area contributed by atoms with E-state index >= 15 is 0 Å². The number of amides is 2. The Balaban J connectivity index is 1.81. The molecule has 0 aliphatic carbocycles. The number of hydrogen-bond acceptors (Lipinski definition) is 2. The second kappa shape index (κ2) is 6.02. The summed E-state index contributed by atoms with van der Waals surface area (Å²) in [6, 6.07) is 15.2. The molecule has 2 aromatic rings. The van der Waals surface area contributed by atoms with Crippen molar-refractivity contribution in [2.24, 2.45) is 0 Å². The largest absolute Gasteiger partial charge is 0.326 e. The second-order valence-electron chi connectivity index (χ2n) is 5.43. The van der Waals surface area contributed by atoms with E-state index in [9.17, 15) is 9.59 Å². The highest BCUT2D eigenvalue weighted by atomic mass is 16.2. The van der Waals surface area contributed by atoms with Gasteiger partial charge in [-0.1, -0.05) is 37.3 Å². The molecule has 0 saturated carbocycles. The SMILES string of the molecule is CCc1ccc(NC(=O)C2CC(=O)Nc3ccccc32)cc1. The molecule has 1 unspecified atom stereocenters. The number of fused-ring (bicyclic) bond motifs is 1. The molecule has 0 fully saturated rings. The van der Waals surface area contributed by atoms with Gasteiger partial charge in [-0.3, -0.25) is 9.59 Å². The minimum Gasteiger partial charge on any atom is -0.326 e. The van der Waals surface area contributed by atoms with Gasteiger partial charge in [0.2, 0.25) is 11.8 Å². The summed E-state index contributed by atoms with van der Waals surface area (Å²) in [7, 11) is 0. The number of carbonyl (C=O) groups excluding carboxylic acids is 2. The summed E-state index contributed by atoms with van der Waals surface area (Å²) in [5, 5.41) is 5.71. The molecular formula is C18H18N2O2. The Morgan fingerprint density at radius 3 is 2.64 bits per heavy atom. The van der Waals surface area contributed by atoms with Crippen molar-refractivity contribution >= 4 is 23.2 Å². The van der Waals surface area contributed by atoms with Crippen LogP contribution in [0, 0.1) is 0 Å². The molecule has 0 bridgehead atoms. The van der Waals surface area contributed by atoms with Crippen LogP contribution in [0.25, 0.3) is 0 Å². The maximum absolute atomic E-state index is 12.5. The maximum Gasteiger partial charge on any atom is 0.232 e. The summed E-state index contributed by atoms with van der Waals surface area (Å²) < 4.78 is 0. The van der Waals surface area contributed by atoms with Crippen molar-refractivity contribution in [3.63, 3.8) is 0 Å². The van der Waals surface area contributed by atoms with Crippen LogP contribution in [0.2, 0.25) is 0 Å². The lowest BCUT2D eigenvalue weighted by molar-refractivity contribution is -0.123. The normalized spacial score (nSPS) is 16.6. The van der Waals surface area contributed by atoms with E-state index in [1.54, 1.807) is 0 Å². The average molecular weight is 294 g/mol. The Bertz CT molecular complexity index is 707. The molecule has 4 heteroatoms. The van der Waals surface area contributed by atoms with E-state index in [-0.39, 0.29) is 18.2 Å². The molecule has 4 nitrogen and oxygen atoms in total. The lowest BCUT2D eigenvalue weighted by Crippen LogP contribution is -2.30. The highest BCUT2D eigenvalue weighted by Crippen LogP contribution is 2.32. The summed E-state index contributed by atoms with van der Waals surface area (Å²) in [4.78, 5) is 24.3. The Morgan fingerprint density at radius 2 is 1.91 bits per heavy atom. The summed E-state index contributed by atoms with van der Waals surface area (Å²) in [6.45, 7) is 2.09. The second-order valence-corrected chi connectivity index (χ2v) is 5.43. The zero-order chi connectivity index (χ0) is 15.5. The number of aryl methyl sites for hydroxylation is 1. The van der Waals surface area contributed by atoms with Gasteiger partial charge in [-0.2, -0.15) is 0 Å². The van der Waals surface area contributed by atoms with Crippen molar-refractivity contribution in [3.8, 4) is 0 Å². The molecule has 1 atom stereocenters. The van der Waals surface area contributed by atoms with Crippen LogP contribution in [0.5, 0.6) is 0 Å². The Kier molecular flexibility index (Phi) is 3.92. The average Bonchev–Trinajstić information content (AvgIpc) is 2.54. The van der Waals surface area contributed by atoms with Crippen molar-refractivity contribution in [2.45, 2.75) is 25.7 Å². The van der Waals surface area contributed by atoms with Gasteiger partial charge in [0.1, 0.15) is 0 Å². The highest BCUT2D eigenvalue weighted by molar-refractivity contribution is 6.05. The quantitative estimate of drug-likeness (QED) is 0.912. The van der Waals surface area contributed by atoms with Gasteiger partial charge in [-0.25, -0.2) is 0 Å². The van der Waals surface area contributed by atoms with Crippen LogP contribution < -0.4 is 10.6 Å². The number of benzene rings is 2. The van der Waals surface area contributed by atoms with Gasteiger partial charge in [0.25, 0.3) is 0 Å². The van der Waals surface area contributed by atoms with Crippen LogP contribution in [0.3, 0.4) is 0 Å². The number of carbonyl (C=O) groups is 2. The fourth-order valence-corrected chi connectivity index (χ4v) is 2.70. The van der Waals surface area contributed by atoms with Gasteiger partial charge in [-0.15, -0.1) is 0 Å². The summed E-state index contributed by atoms with van der Waals surface area (Å²) >= 11 is 0. The minimum atomic E-state index is -0.448. The fourth-order valence-electron chi connectivity index (χ4n) is 2.70. The van der Waals surface area contributed by atoms with Crippen molar-refractivity contribution < 1.29 is 9.59 Å². The summed E-state index contributed by atoms with van der Waals surface area (Å²) in [6.07, 6.45) is 1.14. The zero-order valence-electron chi connectivity index (χ0n) is 12.4. The minimum absolute atomic E-state index is 0.125. The molecule has 1 aliphatic rings. The smallest absolute Gasteiger partial charge is 0.232 e. The first-order valence-corrected chi connectivity index (χ1v) is 7.46. The van der Waals surface area contributed by atoms with Crippen LogP contribution in [0.4, 0.5) is 11.4 Å². The third-order valence-corrected chi connectivity index (χ3v) is 3.95. The molecule has 2 N–H and O–H groups in total. The first-order chi connectivity index (χ1) is 10.7. The molecule has 0 aromatic heterocycles. The summed E-state index contributed by atoms with van der Waals surface area (Å²) in [5.74, 6) is -0.720. The molecule has 0 saturated heterocycles. The van der Waals surface area contributed by atoms with Crippen LogP contribution in [0.15, 0.2) is 48.5 Å². The van der Waals surface area contributed by atoms with E-state index < -0.39 is 5.92 Å². The Labute approximate surface area is 129 Å². The fraction of sp³-hybridized carbons (Fsp3) is 0.222. The van der Waals surface area contributed by atoms with E-state index in [0.717, 1.165) is 23.4 Å². The molecule has 1 heterocycles. The van der Waals surface area contributed by atoms with E-state index in [1.165, 1.54) is 5.56 Å². The molecule has 3 rings (SSSR count). The van der Waals surface area contributed by atoms with Gasteiger partial charge in [0.15, 0.2) is 0 Å². The molecule has 0 spiro atoms. The van der Waals surface area contributed by atoms with Crippen molar-refractivity contribution in [2.75, 3.05) is 10.6 Å². The van der Waals surface area contributed by atoms with Crippen LogP contribution >= 0.6 is 0 Å². The van der Waals surface area contributed by atoms with Crippen LogP contribution in [0.1, 0.15) is 30.4 Å². The van der Waals surface area contributed by atoms with Gasteiger partial charge in [0.05, 0.1) is 5.92 Å². The van der Waals surface area contributed by atoms with Crippen molar-refractivity contribution in [1.82, 2.24) is 0 Å². The number of hydrogen-bond donors (Lipinski definition) is 2. The topological polar surface area (TPSA) is 58.2 Å². The monoisotopic (exact) mass is 294 g/mol. The maximum atomic E-state index is 12.5. The number of para-hydroxylation sites is 1. The Morgan fingerprint density at radius 1 is 1.18 bits per heavy atom. The highest BCUT2D eigenvalue weighted by Gasteiger charge is 2.30. The predicted octanol–water partition coefficient (Wildman–Crippen LogP) is 3.31. The van der Waals surface area contributed by atoms with Crippen LogP contribution in [-0.2, 0) is 16.0 Å².